The Balaban J connectivity index is 2.25. The lowest BCUT2D eigenvalue weighted by molar-refractivity contribution is 0.102. The molecule has 0 saturated carbocycles. The zero-order valence-electron chi connectivity index (χ0n) is 10.2. The van der Waals surface area contributed by atoms with Gasteiger partial charge in [-0.05, 0) is 53.2 Å². The number of halogens is 2. The maximum atomic E-state index is 13.4. The summed E-state index contributed by atoms with van der Waals surface area (Å²) < 4.78 is 13.7. The molecule has 3 nitrogen and oxygen atoms in total. The molecule has 0 fully saturated rings. The quantitative estimate of drug-likeness (QED) is 0.828. The lowest BCUT2D eigenvalue weighted by atomic mass is 10.1. The monoisotopic (exact) mass is 322 g/mol. The van der Waals surface area contributed by atoms with Crippen LogP contribution in [0.4, 0.5) is 15.8 Å². The van der Waals surface area contributed by atoms with E-state index in [-0.39, 0.29) is 5.91 Å². The van der Waals surface area contributed by atoms with E-state index in [1.807, 2.05) is 13.0 Å². The fraction of sp³-hybridized carbons (Fsp3) is 0.0714. The number of hydrogen-bond donors (Lipinski definition) is 2. The van der Waals surface area contributed by atoms with Gasteiger partial charge in [0.1, 0.15) is 5.82 Å². The molecule has 0 spiro atoms. The molecule has 0 atom stereocenters. The molecule has 2 rings (SSSR count). The highest BCUT2D eigenvalue weighted by Gasteiger charge is 2.11. The highest BCUT2D eigenvalue weighted by Crippen LogP contribution is 2.21. The highest BCUT2D eigenvalue weighted by atomic mass is 79.9. The van der Waals surface area contributed by atoms with E-state index in [1.165, 1.54) is 12.1 Å². The molecule has 0 aromatic heterocycles. The molecule has 0 aliphatic heterocycles. The van der Waals surface area contributed by atoms with Crippen LogP contribution in [0.2, 0.25) is 0 Å². The van der Waals surface area contributed by atoms with E-state index in [0.29, 0.717) is 21.4 Å². The highest BCUT2D eigenvalue weighted by molar-refractivity contribution is 9.10. The zero-order valence-corrected chi connectivity index (χ0v) is 11.8. The Bertz CT molecular complexity index is 643. The minimum absolute atomic E-state index is 0.348. The molecule has 1 amide bonds. The van der Waals surface area contributed by atoms with Crippen LogP contribution in [0.3, 0.4) is 0 Å². The smallest absolute Gasteiger partial charge is 0.257 e. The van der Waals surface area contributed by atoms with Crippen molar-refractivity contribution in [3.05, 3.63) is 57.8 Å². The van der Waals surface area contributed by atoms with Gasteiger partial charge in [-0.25, -0.2) is 4.39 Å². The van der Waals surface area contributed by atoms with Gasteiger partial charge in [-0.2, -0.15) is 0 Å². The van der Waals surface area contributed by atoms with Gasteiger partial charge >= 0.3 is 0 Å². The molecule has 19 heavy (non-hydrogen) atoms. The maximum Gasteiger partial charge on any atom is 0.257 e. The van der Waals surface area contributed by atoms with Crippen LogP contribution in [-0.2, 0) is 0 Å². The van der Waals surface area contributed by atoms with Gasteiger partial charge in [0.15, 0.2) is 0 Å². The number of nitrogens with one attached hydrogen (secondary N) is 1. The average molecular weight is 323 g/mol. The number of aryl methyl sites for hydroxylation is 1. The molecule has 0 saturated heterocycles. The number of nitrogens with two attached hydrogens (primary N) is 1. The summed E-state index contributed by atoms with van der Waals surface area (Å²) in [5.41, 5.74) is 7.84. The van der Waals surface area contributed by atoms with Gasteiger partial charge in [0.25, 0.3) is 5.91 Å². The molecule has 0 aliphatic carbocycles. The Kier molecular flexibility index (Phi) is 3.85. The summed E-state index contributed by atoms with van der Waals surface area (Å²) in [6.45, 7) is 1.87. The third-order valence-corrected chi connectivity index (χ3v) is 3.27. The van der Waals surface area contributed by atoms with Crippen LogP contribution in [0.15, 0.2) is 40.9 Å². The number of nitrogen functional groups attached to an aromatic ring is 1. The third-order valence-electron chi connectivity index (χ3n) is 2.63. The molecule has 2 aromatic carbocycles. The van der Waals surface area contributed by atoms with Crippen molar-refractivity contribution >= 4 is 33.2 Å². The number of hydrogen-bond acceptors (Lipinski definition) is 2. The van der Waals surface area contributed by atoms with Crippen LogP contribution in [-0.4, -0.2) is 5.91 Å². The van der Waals surface area contributed by atoms with E-state index in [2.05, 4.69) is 21.2 Å². The van der Waals surface area contributed by atoms with Gasteiger partial charge in [0.2, 0.25) is 0 Å². The van der Waals surface area contributed by atoms with Crippen molar-refractivity contribution in [1.29, 1.82) is 0 Å². The Labute approximate surface area is 118 Å². The SMILES string of the molecule is Cc1ccc(N)c(C(=O)Nc2ccc(Br)c(F)c2)c1. The van der Waals surface area contributed by atoms with Crippen LogP contribution in [0.1, 0.15) is 15.9 Å². The van der Waals surface area contributed by atoms with E-state index < -0.39 is 5.82 Å². The number of rotatable bonds is 2. The van der Waals surface area contributed by atoms with Crippen LogP contribution >= 0.6 is 15.9 Å². The molecule has 0 heterocycles. The van der Waals surface area contributed by atoms with Gasteiger partial charge in [-0.15, -0.1) is 0 Å². The van der Waals surface area contributed by atoms with E-state index in [9.17, 15) is 9.18 Å². The van der Waals surface area contributed by atoms with Gasteiger partial charge in [-0.1, -0.05) is 11.6 Å². The Hall–Kier alpha value is -1.88. The second-order valence-electron chi connectivity index (χ2n) is 4.17. The van der Waals surface area contributed by atoms with Crippen molar-refractivity contribution in [2.24, 2.45) is 0 Å². The Morgan fingerprint density at radius 3 is 2.68 bits per heavy atom. The summed E-state index contributed by atoms with van der Waals surface area (Å²) >= 11 is 3.05. The molecule has 0 bridgehead atoms. The number of benzene rings is 2. The maximum absolute atomic E-state index is 13.4. The number of carbonyl (C=O) groups excluding carboxylic acids is 1. The van der Waals surface area contributed by atoms with Gasteiger partial charge < -0.3 is 11.1 Å². The van der Waals surface area contributed by atoms with Crippen LogP contribution in [0.25, 0.3) is 0 Å². The topological polar surface area (TPSA) is 55.1 Å². The van der Waals surface area contributed by atoms with E-state index in [1.54, 1.807) is 18.2 Å². The summed E-state index contributed by atoms with van der Waals surface area (Å²) in [5, 5.41) is 2.61. The number of carbonyl (C=O) groups is 1. The molecular formula is C14H12BrFN2O. The molecule has 3 N–H and O–H groups in total. The standard InChI is InChI=1S/C14H12BrFN2O/c1-8-2-5-13(17)10(6-8)14(19)18-9-3-4-11(15)12(16)7-9/h2-7H,17H2,1H3,(H,18,19). The predicted octanol–water partition coefficient (Wildman–Crippen LogP) is 3.73. The minimum Gasteiger partial charge on any atom is -0.398 e. The van der Waals surface area contributed by atoms with Crippen molar-refractivity contribution in [2.45, 2.75) is 6.92 Å². The summed E-state index contributed by atoms with van der Waals surface area (Å²) in [7, 11) is 0. The lowest BCUT2D eigenvalue weighted by Gasteiger charge is -2.09. The van der Waals surface area contributed by atoms with Crippen LogP contribution in [0, 0.1) is 12.7 Å². The molecular weight excluding hydrogens is 311 g/mol. The minimum atomic E-state index is -0.435. The van der Waals surface area contributed by atoms with Crippen molar-refractivity contribution < 1.29 is 9.18 Å². The summed E-state index contributed by atoms with van der Waals surface area (Å²) in [5.74, 6) is -0.794. The second kappa shape index (κ2) is 5.40. The average Bonchev–Trinajstić information content (AvgIpc) is 2.36. The number of amides is 1. The van der Waals surface area contributed by atoms with E-state index in [0.717, 1.165) is 5.56 Å². The lowest BCUT2D eigenvalue weighted by Crippen LogP contribution is -2.14. The van der Waals surface area contributed by atoms with Crippen molar-refractivity contribution in [3.63, 3.8) is 0 Å². The molecule has 98 valence electrons. The van der Waals surface area contributed by atoms with Gasteiger partial charge in [0, 0.05) is 11.4 Å². The largest absolute Gasteiger partial charge is 0.398 e. The molecule has 0 radical (unpaired) electrons. The second-order valence-corrected chi connectivity index (χ2v) is 5.03. The molecule has 2 aromatic rings. The van der Waals surface area contributed by atoms with Crippen LogP contribution < -0.4 is 11.1 Å². The first kappa shape index (κ1) is 13.5. The molecule has 0 unspecified atom stereocenters. The summed E-state index contributed by atoms with van der Waals surface area (Å²) in [6.07, 6.45) is 0. The van der Waals surface area contributed by atoms with E-state index in [4.69, 9.17) is 5.73 Å². The fourth-order valence-electron chi connectivity index (χ4n) is 1.64. The first-order chi connectivity index (χ1) is 8.97. The zero-order chi connectivity index (χ0) is 14.0. The predicted molar refractivity (Wildman–Crippen MR) is 77.6 cm³/mol. The molecule has 5 heteroatoms. The first-order valence-electron chi connectivity index (χ1n) is 5.60. The number of anilines is 2. The van der Waals surface area contributed by atoms with Crippen molar-refractivity contribution in [3.8, 4) is 0 Å². The van der Waals surface area contributed by atoms with Gasteiger partial charge in [-0.3, -0.25) is 4.79 Å². The van der Waals surface area contributed by atoms with E-state index >= 15 is 0 Å². The Morgan fingerprint density at radius 2 is 2.00 bits per heavy atom. The van der Waals surface area contributed by atoms with Gasteiger partial charge in [0.05, 0.1) is 10.0 Å². The fourth-order valence-corrected chi connectivity index (χ4v) is 1.89. The normalized spacial score (nSPS) is 10.3. The third kappa shape index (κ3) is 3.12. The summed E-state index contributed by atoms with van der Waals surface area (Å²) in [4.78, 5) is 12.1. The van der Waals surface area contributed by atoms with Crippen molar-refractivity contribution in [1.82, 2.24) is 0 Å². The first-order valence-corrected chi connectivity index (χ1v) is 6.39. The van der Waals surface area contributed by atoms with Crippen LogP contribution in [0.5, 0.6) is 0 Å². The van der Waals surface area contributed by atoms with Crippen molar-refractivity contribution in [2.75, 3.05) is 11.1 Å². The summed E-state index contributed by atoms with van der Waals surface area (Å²) in [6, 6.07) is 9.58. The Morgan fingerprint density at radius 1 is 1.26 bits per heavy atom. The molecule has 0 aliphatic rings.